The quantitative estimate of drug-likeness (QED) is 0.862. The molecule has 3 heteroatoms. The van der Waals surface area contributed by atoms with Gasteiger partial charge in [0.1, 0.15) is 0 Å². The van der Waals surface area contributed by atoms with Crippen molar-refractivity contribution in [2.45, 2.75) is 45.4 Å². The number of aliphatic carboxylic acids is 1. The number of benzene rings is 1. The highest BCUT2D eigenvalue weighted by Gasteiger charge is 2.22. The lowest BCUT2D eigenvalue weighted by molar-refractivity contribution is -0.138. The first kappa shape index (κ1) is 14.7. The third-order valence-corrected chi connectivity index (χ3v) is 3.26. The molecular weight excluding hydrogens is 226 g/mol. The summed E-state index contributed by atoms with van der Waals surface area (Å²) in [6.45, 7) is 8.80. The fourth-order valence-corrected chi connectivity index (χ4v) is 2.11. The Balaban J connectivity index is 3.15. The van der Waals surface area contributed by atoms with E-state index in [1.807, 2.05) is 19.1 Å². The van der Waals surface area contributed by atoms with Crippen LogP contribution < -0.4 is 5.73 Å². The normalized spacial score (nSPS) is 13.4. The molecule has 0 aromatic heterocycles. The van der Waals surface area contributed by atoms with E-state index in [1.54, 1.807) is 0 Å². The monoisotopic (exact) mass is 249 g/mol. The van der Waals surface area contributed by atoms with Crippen molar-refractivity contribution in [3.8, 4) is 0 Å². The Labute approximate surface area is 109 Å². The Kier molecular flexibility index (Phi) is 4.52. The molecule has 0 aliphatic rings. The van der Waals surface area contributed by atoms with E-state index in [0.717, 1.165) is 11.1 Å². The van der Waals surface area contributed by atoms with Crippen LogP contribution in [0.1, 0.15) is 49.8 Å². The summed E-state index contributed by atoms with van der Waals surface area (Å²) in [7, 11) is 0. The van der Waals surface area contributed by atoms with Crippen LogP contribution in [0.3, 0.4) is 0 Å². The van der Waals surface area contributed by atoms with E-state index >= 15 is 0 Å². The molecule has 100 valence electrons. The van der Waals surface area contributed by atoms with Gasteiger partial charge in [0.2, 0.25) is 0 Å². The lowest BCUT2D eigenvalue weighted by Gasteiger charge is -2.22. The lowest BCUT2D eigenvalue weighted by atomic mass is 9.83. The topological polar surface area (TPSA) is 63.3 Å². The van der Waals surface area contributed by atoms with Crippen LogP contribution >= 0.6 is 0 Å². The standard InChI is InChI=1S/C15H23NO2/c1-10-9-11(15(2,3)4)5-6-12(10)13(7-8-16)14(17)18/h5-6,9,13H,7-8,16H2,1-4H3,(H,17,18). The van der Waals surface area contributed by atoms with Gasteiger partial charge in [-0.05, 0) is 42.0 Å². The maximum Gasteiger partial charge on any atom is 0.311 e. The molecular formula is C15H23NO2. The van der Waals surface area contributed by atoms with Crippen LogP contribution in [0, 0.1) is 6.92 Å². The van der Waals surface area contributed by atoms with Crippen LogP contribution in [0.4, 0.5) is 0 Å². The molecule has 0 aliphatic heterocycles. The van der Waals surface area contributed by atoms with E-state index in [9.17, 15) is 9.90 Å². The van der Waals surface area contributed by atoms with Crippen LogP contribution in [0.5, 0.6) is 0 Å². The molecule has 0 heterocycles. The first-order valence-corrected chi connectivity index (χ1v) is 6.31. The van der Waals surface area contributed by atoms with E-state index in [4.69, 9.17) is 5.73 Å². The number of hydrogen-bond acceptors (Lipinski definition) is 2. The van der Waals surface area contributed by atoms with Crippen molar-refractivity contribution in [3.05, 3.63) is 34.9 Å². The summed E-state index contributed by atoms with van der Waals surface area (Å²) in [5.41, 5.74) is 8.70. The van der Waals surface area contributed by atoms with Crippen molar-refractivity contribution in [2.24, 2.45) is 5.73 Å². The van der Waals surface area contributed by atoms with Crippen molar-refractivity contribution in [1.29, 1.82) is 0 Å². The van der Waals surface area contributed by atoms with Gasteiger partial charge in [-0.2, -0.15) is 0 Å². The summed E-state index contributed by atoms with van der Waals surface area (Å²) >= 11 is 0. The molecule has 0 radical (unpaired) electrons. The van der Waals surface area contributed by atoms with Crippen molar-refractivity contribution in [3.63, 3.8) is 0 Å². The summed E-state index contributed by atoms with van der Waals surface area (Å²) in [5.74, 6) is -1.30. The summed E-state index contributed by atoms with van der Waals surface area (Å²) in [4.78, 5) is 11.3. The molecule has 0 fully saturated rings. The molecule has 1 aromatic carbocycles. The summed E-state index contributed by atoms with van der Waals surface area (Å²) in [5, 5.41) is 9.26. The molecule has 0 aliphatic carbocycles. The maximum atomic E-state index is 11.3. The van der Waals surface area contributed by atoms with Crippen LogP contribution in [0.2, 0.25) is 0 Å². The minimum atomic E-state index is -0.799. The fraction of sp³-hybridized carbons (Fsp3) is 0.533. The number of rotatable bonds is 4. The Bertz CT molecular complexity index is 433. The van der Waals surface area contributed by atoms with Gasteiger partial charge < -0.3 is 10.8 Å². The zero-order chi connectivity index (χ0) is 13.9. The third kappa shape index (κ3) is 3.33. The number of carboxylic acid groups (broad SMARTS) is 1. The van der Waals surface area contributed by atoms with E-state index in [1.165, 1.54) is 5.56 Å². The predicted octanol–water partition coefficient (Wildman–Crippen LogP) is 2.81. The molecule has 3 N–H and O–H groups in total. The second-order valence-corrected chi connectivity index (χ2v) is 5.79. The van der Waals surface area contributed by atoms with Gasteiger partial charge in [-0.1, -0.05) is 39.0 Å². The van der Waals surface area contributed by atoms with Crippen molar-refractivity contribution >= 4 is 5.97 Å². The minimum Gasteiger partial charge on any atom is -0.481 e. The third-order valence-electron chi connectivity index (χ3n) is 3.26. The Hall–Kier alpha value is -1.35. The second kappa shape index (κ2) is 5.53. The van der Waals surface area contributed by atoms with Gasteiger partial charge in [0.15, 0.2) is 0 Å². The number of aryl methyl sites for hydroxylation is 1. The minimum absolute atomic E-state index is 0.0792. The first-order valence-electron chi connectivity index (χ1n) is 6.31. The molecule has 1 rings (SSSR count). The average molecular weight is 249 g/mol. The molecule has 18 heavy (non-hydrogen) atoms. The zero-order valence-electron chi connectivity index (χ0n) is 11.7. The van der Waals surface area contributed by atoms with Crippen molar-refractivity contribution in [1.82, 2.24) is 0 Å². The highest BCUT2D eigenvalue weighted by Crippen LogP contribution is 2.28. The van der Waals surface area contributed by atoms with Gasteiger partial charge in [0.25, 0.3) is 0 Å². The fourth-order valence-electron chi connectivity index (χ4n) is 2.11. The van der Waals surface area contributed by atoms with E-state index in [2.05, 4.69) is 26.8 Å². The molecule has 0 saturated heterocycles. The van der Waals surface area contributed by atoms with Gasteiger partial charge in [-0.25, -0.2) is 0 Å². The predicted molar refractivity (Wildman–Crippen MR) is 73.9 cm³/mol. The first-order chi connectivity index (χ1) is 8.27. The molecule has 0 spiro atoms. The molecule has 0 bridgehead atoms. The summed E-state index contributed by atoms with van der Waals surface area (Å²) < 4.78 is 0. The summed E-state index contributed by atoms with van der Waals surface area (Å²) in [6, 6.07) is 6.04. The highest BCUT2D eigenvalue weighted by molar-refractivity contribution is 5.76. The summed E-state index contributed by atoms with van der Waals surface area (Å²) in [6.07, 6.45) is 0.477. The number of carboxylic acids is 1. The lowest BCUT2D eigenvalue weighted by Crippen LogP contribution is -2.18. The molecule has 1 aromatic rings. The maximum absolute atomic E-state index is 11.3. The van der Waals surface area contributed by atoms with Gasteiger partial charge >= 0.3 is 5.97 Å². The Morgan fingerprint density at radius 2 is 2.00 bits per heavy atom. The van der Waals surface area contributed by atoms with Gasteiger partial charge in [0, 0.05) is 0 Å². The number of carbonyl (C=O) groups is 1. The van der Waals surface area contributed by atoms with Crippen LogP contribution in [0.25, 0.3) is 0 Å². The SMILES string of the molecule is Cc1cc(C(C)(C)C)ccc1C(CCN)C(=O)O. The molecule has 1 atom stereocenters. The van der Waals surface area contributed by atoms with Gasteiger partial charge in [-0.3, -0.25) is 4.79 Å². The van der Waals surface area contributed by atoms with Crippen LogP contribution in [-0.2, 0) is 10.2 Å². The van der Waals surface area contributed by atoms with E-state index < -0.39 is 11.9 Å². The van der Waals surface area contributed by atoms with E-state index in [0.29, 0.717) is 13.0 Å². The van der Waals surface area contributed by atoms with Gasteiger partial charge in [0.05, 0.1) is 5.92 Å². The average Bonchev–Trinajstić information content (AvgIpc) is 2.24. The molecule has 0 amide bonds. The van der Waals surface area contributed by atoms with Crippen molar-refractivity contribution < 1.29 is 9.90 Å². The molecule has 1 unspecified atom stereocenters. The van der Waals surface area contributed by atoms with Crippen LogP contribution in [0.15, 0.2) is 18.2 Å². The van der Waals surface area contributed by atoms with Crippen LogP contribution in [-0.4, -0.2) is 17.6 Å². The molecule has 3 nitrogen and oxygen atoms in total. The number of nitrogens with two attached hydrogens (primary N) is 1. The smallest absolute Gasteiger partial charge is 0.311 e. The number of hydrogen-bond donors (Lipinski definition) is 2. The second-order valence-electron chi connectivity index (χ2n) is 5.79. The zero-order valence-corrected chi connectivity index (χ0v) is 11.7. The largest absolute Gasteiger partial charge is 0.481 e. The van der Waals surface area contributed by atoms with Crippen molar-refractivity contribution in [2.75, 3.05) is 6.54 Å². The highest BCUT2D eigenvalue weighted by atomic mass is 16.4. The van der Waals surface area contributed by atoms with Gasteiger partial charge in [-0.15, -0.1) is 0 Å². The van der Waals surface area contributed by atoms with E-state index in [-0.39, 0.29) is 5.41 Å². The Morgan fingerprint density at radius 3 is 2.39 bits per heavy atom. The Morgan fingerprint density at radius 1 is 1.39 bits per heavy atom. The molecule has 0 saturated carbocycles.